The maximum atomic E-state index is 13.3. The fourth-order valence-electron chi connectivity index (χ4n) is 2.45. The van der Waals surface area contributed by atoms with Gasteiger partial charge in [0.1, 0.15) is 5.82 Å². The van der Waals surface area contributed by atoms with E-state index in [0.717, 1.165) is 23.5 Å². The minimum atomic E-state index is -4.66. The van der Waals surface area contributed by atoms with Gasteiger partial charge in [-0.15, -0.1) is 0 Å². The second-order valence-corrected chi connectivity index (χ2v) is 6.68. The zero-order chi connectivity index (χ0) is 21.0. The number of anilines is 1. The highest BCUT2D eigenvalue weighted by atomic mass is 32.1. The van der Waals surface area contributed by atoms with Gasteiger partial charge in [0.25, 0.3) is 0 Å². The normalized spacial score (nSPS) is 11.7. The maximum Gasteiger partial charge on any atom is 0.434 e. The van der Waals surface area contributed by atoms with Crippen molar-refractivity contribution in [1.29, 1.82) is 0 Å². The third-order valence-electron chi connectivity index (χ3n) is 3.78. The van der Waals surface area contributed by atoms with Crippen molar-refractivity contribution < 1.29 is 27.0 Å². The molecule has 2 aromatic carbocycles. The van der Waals surface area contributed by atoms with E-state index in [1.165, 1.54) is 32.6 Å². The van der Waals surface area contributed by atoms with Gasteiger partial charge in [-0.2, -0.15) is 18.3 Å². The molecule has 0 spiro atoms. The zero-order valence-electron chi connectivity index (χ0n) is 15.2. The number of thiazole rings is 1. The van der Waals surface area contributed by atoms with Crippen LogP contribution in [0, 0.1) is 5.82 Å². The van der Waals surface area contributed by atoms with Crippen LogP contribution in [-0.4, -0.2) is 25.4 Å². The van der Waals surface area contributed by atoms with Crippen LogP contribution in [0.25, 0.3) is 10.4 Å². The molecule has 3 aromatic rings. The number of halogens is 4. The van der Waals surface area contributed by atoms with Crippen LogP contribution in [0.3, 0.4) is 0 Å². The smallest absolute Gasteiger partial charge is 0.434 e. The van der Waals surface area contributed by atoms with E-state index in [9.17, 15) is 17.6 Å². The summed E-state index contributed by atoms with van der Waals surface area (Å²) < 4.78 is 63.5. The van der Waals surface area contributed by atoms with Gasteiger partial charge in [0.05, 0.1) is 25.3 Å². The van der Waals surface area contributed by atoms with Gasteiger partial charge in [-0.3, -0.25) is 5.43 Å². The Morgan fingerprint density at radius 1 is 1.03 bits per heavy atom. The van der Waals surface area contributed by atoms with Crippen molar-refractivity contribution >= 4 is 22.7 Å². The molecule has 0 fully saturated rings. The molecule has 152 valence electrons. The van der Waals surface area contributed by atoms with Crippen molar-refractivity contribution in [2.24, 2.45) is 5.10 Å². The Hall–Kier alpha value is -3.14. The van der Waals surface area contributed by atoms with E-state index in [-0.39, 0.29) is 15.6 Å². The van der Waals surface area contributed by atoms with Crippen LogP contribution in [0.1, 0.15) is 11.3 Å². The number of alkyl halides is 3. The summed E-state index contributed by atoms with van der Waals surface area (Å²) in [6.07, 6.45) is -3.25. The summed E-state index contributed by atoms with van der Waals surface area (Å²) in [4.78, 5) is 3.48. The molecule has 0 atom stereocenters. The first kappa shape index (κ1) is 20.6. The van der Waals surface area contributed by atoms with Crippen LogP contribution in [0.15, 0.2) is 47.6 Å². The van der Waals surface area contributed by atoms with E-state index in [1.54, 1.807) is 18.2 Å². The first-order valence-electron chi connectivity index (χ1n) is 8.17. The molecule has 0 unspecified atom stereocenters. The van der Waals surface area contributed by atoms with E-state index in [1.807, 2.05) is 0 Å². The van der Waals surface area contributed by atoms with Gasteiger partial charge in [0.15, 0.2) is 17.2 Å². The molecule has 0 bridgehead atoms. The Kier molecular flexibility index (Phi) is 6.02. The minimum absolute atomic E-state index is 0.0478. The van der Waals surface area contributed by atoms with Crippen molar-refractivity contribution in [3.8, 4) is 21.9 Å². The van der Waals surface area contributed by atoms with Gasteiger partial charge in [-0.1, -0.05) is 23.5 Å². The molecule has 29 heavy (non-hydrogen) atoms. The van der Waals surface area contributed by atoms with Crippen LogP contribution in [-0.2, 0) is 6.18 Å². The SMILES string of the molecule is COc1ccc(/C=N\Nc2nc(C(F)(F)F)c(-c3ccc(F)cc3)s2)cc1OC. The van der Waals surface area contributed by atoms with Crippen LogP contribution in [0.2, 0.25) is 0 Å². The van der Waals surface area contributed by atoms with Crippen molar-refractivity contribution in [3.05, 3.63) is 59.5 Å². The first-order valence-corrected chi connectivity index (χ1v) is 8.98. The predicted octanol–water partition coefficient (Wildman–Crippen LogP) is 5.43. The van der Waals surface area contributed by atoms with Crippen molar-refractivity contribution in [3.63, 3.8) is 0 Å². The predicted molar refractivity (Wildman–Crippen MR) is 103 cm³/mol. The quantitative estimate of drug-likeness (QED) is 0.325. The number of hydrazone groups is 1. The van der Waals surface area contributed by atoms with Gasteiger partial charge in [0, 0.05) is 0 Å². The number of ether oxygens (including phenoxy) is 2. The van der Waals surface area contributed by atoms with E-state index < -0.39 is 17.7 Å². The molecular weight excluding hydrogens is 410 g/mol. The summed E-state index contributed by atoms with van der Waals surface area (Å²) in [5, 5.41) is 3.89. The summed E-state index contributed by atoms with van der Waals surface area (Å²) in [7, 11) is 2.99. The molecule has 0 radical (unpaired) electrons. The molecule has 0 aliphatic rings. The van der Waals surface area contributed by atoms with Gasteiger partial charge in [-0.05, 0) is 41.5 Å². The number of aromatic nitrogens is 1. The average Bonchev–Trinajstić information content (AvgIpc) is 3.13. The highest BCUT2D eigenvalue weighted by molar-refractivity contribution is 7.19. The van der Waals surface area contributed by atoms with Crippen LogP contribution in [0.4, 0.5) is 22.7 Å². The maximum absolute atomic E-state index is 13.3. The Balaban J connectivity index is 1.84. The first-order chi connectivity index (χ1) is 13.8. The molecule has 3 rings (SSSR count). The van der Waals surface area contributed by atoms with Gasteiger partial charge in [-0.25, -0.2) is 9.37 Å². The molecule has 1 N–H and O–H groups in total. The van der Waals surface area contributed by atoms with Crippen molar-refractivity contribution in [2.45, 2.75) is 6.18 Å². The van der Waals surface area contributed by atoms with Crippen LogP contribution in [0.5, 0.6) is 11.5 Å². The topological polar surface area (TPSA) is 55.7 Å². The average molecular weight is 425 g/mol. The Bertz CT molecular complexity index is 1020. The van der Waals surface area contributed by atoms with Gasteiger partial charge >= 0.3 is 6.18 Å². The molecule has 0 saturated heterocycles. The number of nitrogens with one attached hydrogen (secondary N) is 1. The molecule has 0 saturated carbocycles. The van der Waals surface area contributed by atoms with Gasteiger partial charge < -0.3 is 9.47 Å². The fraction of sp³-hybridized carbons (Fsp3) is 0.158. The Labute approximate surface area is 167 Å². The molecule has 0 aliphatic carbocycles. The van der Waals surface area contributed by atoms with Crippen LogP contribution < -0.4 is 14.9 Å². The minimum Gasteiger partial charge on any atom is -0.493 e. The summed E-state index contributed by atoms with van der Waals surface area (Å²) in [6, 6.07) is 9.78. The summed E-state index contributed by atoms with van der Waals surface area (Å²) in [6.45, 7) is 0. The monoisotopic (exact) mass is 425 g/mol. The lowest BCUT2D eigenvalue weighted by Crippen LogP contribution is -2.07. The van der Waals surface area contributed by atoms with E-state index in [4.69, 9.17) is 9.47 Å². The summed E-state index contributed by atoms with van der Waals surface area (Å²) in [5.74, 6) is 0.490. The van der Waals surface area contributed by atoms with Crippen molar-refractivity contribution in [2.75, 3.05) is 19.6 Å². The third kappa shape index (κ3) is 4.83. The molecule has 5 nitrogen and oxygen atoms in total. The third-order valence-corrected chi connectivity index (χ3v) is 4.79. The molecule has 1 aromatic heterocycles. The van der Waals surface area contributed by atoms with Gasteiger partial charge in [0.2, 0.25) is 5.13 Å². The molecule has 0 aliphatic heterocycles. The number of benzene rings is 2. The molecule has 0 amide bonds. The number of hydrogen-bond donors (Lipinski definition) is 1. The molecular formula is C19H15F4N3O2S. The number of methoxy groups -OCH3 is 2. The van der Waals surface area contributed by atoms with E-state index in [0.29, 0.717) is 17.1 Å². The zero-order valence-corrected chi connectivity index (χ0v) is 16.1. The Morgan fingerprint density at radius 2 is 1.72 bits per heavy atom. The summed E-state index contributed by atoms with van der Waals surface area (Å²) in [5.41, 5.74) is 2.30. The summed E-state index contributed by atoms with van der Waals surface area (Å²) >= 11 is 0.771. The lowest BCUT2D eigenvalue weighted by molar-refractivity contribution is -0.140. The number of nitrogens with zero attached hydrogens (tertiary/aromatic N) is 2. The Morgan fingerprint density at radius 3 is 2.34 bits per heavy atom. The van der Waals surface area contributed by atoms with E-state index in [2.05, 4.69) is 15.5 Å². The molecule has 10 heteroatoms. The van der Waals surface area contributed by atoms with Crippen molar-refractivity contribution in [1.82, 2.24) is 4.98 Å². The largest absolute Gasteiger partial charge is 0.493 e. The molecule has 1 heterocycles. The lowest BCUT2D eigenvalue weighted by Gasteiger charge is -2.07. The standard InChI is InChI=1S/C19H15F4N3O2S/c1-27-14-8-3-11(9-15(14)28-2)10-24-26-18-25-17(19(21,22)23)16(29-18)12-4-6-13(20)7-5-12/h3-10H,1-2H3,(H,25,26)/b24-10-. The fourth-order valence-corrected chi connectivity index (χ4v) is 3.39. The van der Waals surface area contributed by atoms with E-state index >= 15 is 0 Å². The second kappa shape index (κ2) is 8.48. The number of rotatable bonds is 6. The number of hydrogen-bond acceptors (Lipinski definition) is 6. The highest BCUT2D eigenvalue weighted by Crippen LogP contribution is 2.42. The lowest BCUT2D eigenvalue weighted by atomic mass is 10.1. The second-order valence-electron chi connectivity index (χ2n) is 5.69. The highest BCUT2D eigenvalue weighted by Gasteiger charge is 2.38. The van der Waals surface area contributed by atoms with Crippen LogP contribution >= 0.6 is 11.3 Å².